The van der Waals surface area contributed by atoms with Gasteiger partial charge < -0.3 is 15.5 Å². The number of phenols is 1. The molecule has 1 atom stereocenters. The Balaban J connectivity index is 1.69. The number of carbonyl (C=O) groups excluding carboxylic acids is 1. The van der Waals surface area contributed by atoms with Gasteiger partial charge >= 0.3 is 0 Å². The molecule has 6 nitrogen and oxygen atoms in total. The maximum Gasteiger partial charge on any atom is 0.272 e. The maximum absolute atomic E-state index is 14.0. The van der Waals surface area contributed by atoms with Gasteiger partial charge in [-0.15, -0.1) is 0 Å². The lowest BCUT2D eigenvalue weighted by molar-refractivity contribution is 0.0936. The topological polar surface area (TPSA) is 87.4 Å². The Morgan fingerprint density at radius 3 is 2.55 bits per heavy atom. The molecule has 1 saturated carbocycles. The summed E-state index contributed by atoms with van der Waals surface area (Å²) in [5, 5.41) is 27.7. The predicted octanol–water partition coefficient (Wildman–Crippen LogP) is 4.01. The molecular formula is C26H26FN3O3. The Morgan fingerprint density at radius 2 is 1.91 bits per heavy atom. The number of aromatic nitrogens is 2. The summed E-state index contributed by atoms with van der Waals surface area (Å²) < 4.78 is 15.7. The number of hydrogen-bond acceptors (Lipinski definition) is 4. The number of phenolic OH excluding ortho intramolecular Hbond substituents is 1. The fourth-order valence-electron chi connectivity index (χ4n) is 3.47. The first kappa shape index (κ1) is 22.6. The van der Waals surface area contributed by atoms with Crippen LogP contribution in [0, 0.1) is 24.6 Å². The van der Waals surface area contributed by atoms with Crippen molar-refractivity contribution in [2.24, 2.45) is 0 Å². The van der Waals surface area contributed by atoms with Crippen LogP contribution >= 0.6 is 0 Å². The van der Waals surface area contributed by atoms with Crippen LogP contribution in [0.25, 0.3) is 0 Å². The third-order valence-corrected chi connectivity index (χ3v) is 5.34. The largest absolute Gasteiger partial charge is 0.508 e. The van der Waals surface area contributed by atoms with Gasteiger partial charge in [-0.2, -0.15) is 5.10 Å². The number of rotatable bonds is 5. The van der Waals surface area contributed by atoms with Crippen molar-refractivity contribution in [3.8, 4) is 17.6 Å². The minimum atomic E-state index is -1.17. The number of hydrogen-bond donors (Lipinski definition) is 3. The van der Waals surface area contributed by atoms with Crippen LogP contribution in [0.4, 0.5) is 4.39 Å². The molecule has 2 aromatic carbocycles. The van der Waals surface area contributed by atoms with Crippen LogP contribution in [-0.4, -0.2) is 31.5 Å². The number of carbonyl (C=O) groups is 1. The molecule has 33 heavy (non-hydrogen) atoms. The highest BCUT2D eigenvalue weighted by Gasteiger charge is 2.29. The lowest BCUT2D eigenvalue weighted by Crippen LogP contribution is -2.30. The van der Waals surface area contributed by atoms with Gasteiger partial charge in [0.1, 0.15) is 22.9 Å². The fraction of sp³-hybridized carbons (Fsp3) is 0.308. The van der Waals surface area contributed by atoms with Gasteiger partial charge in [-0.25, -0.2) is 4.39 Å². The second kappa shape index (κ2) is 8.72. The van der Waals surface area contributed by atoms with E-state index in [-0.39, 0.29) is 23.0 Å². The van der Waals surface area contributed by atoms with Crippen LogP contribution in [0.5, 0.6) is 5.75 Å². The van der Waals surface area contributed by atoms with Crippen molar-refractivity contribution in [1.82, 2.24) is 15.1 Å². The van der Waals surface area contributed by atoms with Gasteiger partial charge in [-0.1, -0.05) is 35.7 Å². The second-order valence-electron chi connectivity index (χ2n) is 8.92. The van der Waals surface area contributed by atoms with Crippen molar-refractivity contribution in [2.45, 2.75) is 51.3 Å². The molecule has 1 fully saturated rings. The Kier molecular flexibility index (Phi) is 5.96. The molecule has 3 aromatic rings. The summed E-state index contributed by atoms with van der Waals surface area (Å²) in [5.74, 6) is 4.57. The van der Waals surface area contributed by atoms with Gasteiger partial charge in [0.2, 0.25) is 0 Å². The number of nitrogens with zero attached hydrogens (tertiary/aromatic N) is 2. The summed E-state index contributed by atoms with van der Waals surface area (Å²) >= 11 is 0. The first-order chi connectivity index (χ1) is 15.6. The van der Waals surface area contributed by atoms with Gasteiger partial charge in [-0.3, -0.25) is 9.48 Å². The standard InChI is InChI=1S/C26H26FN3O3/c1-16-4-6-17(7-5-16)24(21-14-18(27)8-11-23(21)31)28-25(32)22-15-20(12-13-26(2,3)33)30(29-22)19-9-10-19/h4-8,11,14-15,19,24,31,33H,9-10H2,1-3H3,(H,28,32)/t24-/m0/s1. The van der Waals surface area contributed by atoms with Crippen LogP contribution in [0.1, 0.15) is 71.6 Å². The van der Waals surface area contributed by atoms with Crippen LogP contribution < -0.4 is 5.32 Å². The normalized spacial score (nSPS) is 14.3. The summed E-state index contributed by atoms with van der Waals surface area (Å²) in [7, 11) is 0. The van der Waals surface area contributed by atoms with Gasteiger partial charge in [-0.05, 0) is 63.3 Å². The van der Waals surface area contributed by atoms with E-state index in [2.05, 4.69) is 22.3 Å². The van der Waals surface area contributed by atoms with Crippen molar-refractivity contribution in [2.75, 3.05) is 0 Å². The molecule has 1 aliphatic carbocycles. The summed E-state index contributed by atoms with van der Waals surface area (Å²) in [5.41, 5.74) is 1.51. The first-order valence-corrected chi connectivity index (χ1v) is 10.8. The van der Waals surface area contributed by atoms with E-state index >= 15 is 0 Å². The number of aromatic hydroxyl groups is 1. The van der Waals surface area contributed by atoms with Crippen molar-refractivity contribution < 1.29 is 19.4 Å². The molecule has 0 radical (unpaired) electrons. The molecule has 3 N–H and O–H groups in total. The number of halogens is 1. The lowest BCUT2D eigenvalue weighted by atomic mass is 9.96. The third-order valence-electron chi connectivity index (χ3n) is 5.34. The van der Waals surface area contributed by atoms with E-state index in [4.69, 9.17) is 0 Å². The van der Waals surface area contributed by atoms with Crippen molar-refractivity contribution >= 4 is 5.91 Å². The summed E-state index contributed by atoms with van der Waals surface area (Å²) in [4.78, 5) is 13.2. The summed E-state index contributed by atoms with van der Waals surface area (Å²) in [6.07, 6.45) is 1.90. The average molecular weight is 448 g/mol. The molecular weight excluding hydrogens is 421 g/mol. The second-order valence-corrected chi connectivity index (χ2v) is 8.92. The van der Waals surface area contributed by atoms with Crippen LogP contribution in [0.2, 0.25) is 0 Å². The first-order valence-electron chi connectivity index (χ1n) is 10.8. The Hall–Kier alpha value is -3.63. The minimum absolute atomic E-state index is 0.123. The summed E-state index contributed by atoms with van der Waals surface area (Å²) in [6, 6.07) is 12.0. The highest BCUT2D eigenvalue weighted by molar-refractivity contribution is 5.93. The Bertz CT molecular complexity index is 1240. The van der Waals surface area contributed by atoms with E-state index < -0.39 is 23.4 Å². The highest BCUT2D eigenvalue weighted by Crippen LogP contribution is 2.36. The number of benzene rings is 2. The fourth-order valence-corrected chi connectivity index (χ4v) is 3.47. The molecule has 170 valence electrons. The zero-order valence-corrected chi connectivity index (χ0v) is 18.8. The van der Waals surface area contributed by atoms with Gasteiger partial charge in [0.15, 0.2) is 5.69 Å². The quantitative estimate of drug-likeness (QED) is 0.516. The third kappa shape index (κ3) is 5.41. The minimum Gasteiger partial charge on any atom is -0.508 e. The highest BCUT2D eigenvalue weighted by atomic mass is 19.1. The van der Waals surface area contributed by atoms with Crippen molar-refractivity contribution in [3.05, 3.63) is 82.4 Å². The SMILES string of the molecule is Cc1ccc([C@H](NC(=O)c2cc(C#CC(C)(C)O)n(C3CC3)n2)c2cc(F)ccc2O)cc1. The molecule has 1 heterocycles. The number of amides is 1. The zero-order valence-electron chi connectivity index (χ0n) is 18.8. The van der Waals surface area contributed by atoms with E-state index in [0.717, 1.165) is 24.5 Å². The number of aliphatic hydroxyl groups is 1. The summed E-state index contributed by atoms with van der Waals surface area (Å²) in [6.45, 7) is 5.12. The van der Waals surface area contributed by atoms with E-state index in [1.165, 1.54) is 12.1 Å². The smallest absolute Gasteiger partial charge is 0.272 e. The van der Waals surface area contributed by atoms with Gasteiger partial charge in [0.05, 0.1) is 12.1 Å². The molecule has 0 bridgehead atoms. The monoisotopic (exact) mass is 447 g/mol. The van der Waals surface area contributed by atoms with Gasteiger partial charge in [0, 0.05) is 11.6 Å². The zero-order chi connectivity index (χ0) is 23.8. The van der Waals surface area contributed by atoms with Crippen molar-refractivity contribution in [3.63, 3.8) is 0 Å². The van der Waals surface area contributed by atoms with Crippen molar-refractivity contribution in [1.29, 1.82) is 0 Å². The number of nitrogens with one attached hydrogen (secondary N) is 1. The number of aryl methyl sites for hydroxylation is 1. The molecule has 4 rings (SSSR count). The Morgan fingerprint density at radius 1 is 1.21 bits per heavy atom. The Labute approximate surface area is 192 Å². The van der Waals surface area contributed by atoms with E-state index in [0.29, 0.717) is 11.3 Å². The molecule has 1 amide bonds. The molecule has 7 heteroatoms. The maximum atomic E-state index is 14.0. The van der Waals surface area contributed by atoms with Crippen LogP contribution in [0.15, 0.2) is 48.5 Å². The molecule has 0 unspecified atom stereocenters. The van der Waals surface area contributed by atoms with Crippen LogP contribution in [0.3, 0.4) is 0 Å². The van der Waals surface area contributed by atoms with Gasteiger partial charge in [0.25, 0.3) is 5.91 Å². The van der Waals surface area contributed by atoms with E-state index in [9.17, 15) is 19.4 Å². The predicted molar refractivity (Wildman–Crippen MR) is 122 cm³/mol. The molecule has 0 spiro atoms. The van der Waals surface area contributed by atoms with E-state index in [1.807, 2.05) is 31.2 Å². The molecule has 0 aliphatic heterocycles. The molecule has 1 aromatic heterocycles. The molecule has 1 aliphatic rings. The van der Waals surface area contributed by atoms with E-state index in [1.54, 1.807) is 24.6 Å². The average Bonchev–Trinajstić information content (AvgIpc) is 3.51. The lowest BCUT2D eigenvalue weighted by Gasteiger charge is -2.20. The molecule has 0 saturated heterocycles. The van der Waals surface area contributed by atoms with Crippen LogP contribution in [-0.2, 0) is 0 Å².